The van der Waals surface area contributed by atoms with Gasteiger partial charge in [-0.2, -0.15) is 4.31 Å². The maximum absolute atomic E-state index is 13.7. The lowest BCUT2D eigenvalue weighted by Crippen LogP contribution is -2.47. The van der Waals surface area contributed by atoms with Gasteiger partial charge in [0.2, 0.25) is 10.0 Å². The highest BCUT2D eigenvalue weighted by Crippen LogP contribution is 2.21. The van der Waals surface area contributed by atoms with Crippen LogP contribution in [-0.2, 0) is 10.0 Å². The van der Waals surface area contributed by atoms with Crippen molar-refractivity contribution >= 4 is 21.6 Å². The van der Waals surface area contributed by atoms with Crippen LogP contribution in [0.5, 0.6) is 0 Å². The molecule has 0 aliphatic carbocycles. The number of sulfonamides is 1. The van der Waals surface area contributed by atoms with Crippen LogP contribution >= 0.6 is 0 Å². The summed E-state index contributed by atoms with van der Waals surface area (Å²) in [4.78, 5) is 14.3. The van der Waals surface area contributed by atoms with Crippen LogP contribution in [-0.4, -0.2) is 56.8 Å². The highest BCUT2D eigenvalue weighted by molar-refractivity contribution is 7.89. The Morgan fingerprint density at radius 2 is 1.74 bits per heavy atom. The van der Waals surface area contributed by atoms with E-state index in [4.69, 9.17) is 0 Å². The Morgan fingerprint density at radius 1 is 1.04 bits per heavy atom. The predicted molar refractivity (Wildman–Crippen MR) is 97.0 cm³/mol. The van der Waals surface area contributed by atoms with Crippen molar-refractivity contribution in [2.24, 2.45) is 0 Å². The molecule has 9 heteroatoms. The number of nitrogens with zero attached hydrogens (tertiary/aromatic N) is 2. The van der Waals surface area contributed by atoms with E-state index in [1.807, 2.05) is 11.9 Å². The molecule has 0 radical (unpaired) electrons. The van der Waals surface area contributed by atoms with E-state index in [-0.39, 0.29) is 10.6 Å². The zero-order valence-corrected chi connectivity index (χ0v) is 15.5. The number of rotatable bonds is 4. The standard InChI is InChI=1S/C18H19F2N3O3S/c1-22-7-9-23(10-8-22)27(25,26)15-4-2-3-14(12-15)21-18(24)16-11-13(19)5-6-17(16)20/h2-6,11-12H,7-10H2,1H3,(H,21,24). The summed E-state index contributed by atoms with van der Waals surface area (Å²) in [6.07, 6.45) is 0. The SMILES string of the molecule is CN1CCN(S(=O)(=O)c2cccc(NC(=O)c3cc(F)ccc3F)c2)CC1. The second-order valence-electron chi connectivity index (χ2n) is 6.31. The predicted octanol–water partition coefficient (Wildman–Crippen LogP) is 2.15. The van der Waals surface area contributed by atoms with Crippen molar-refractivity contribution in [3.8, 4) is 0 Å². The first-order chi connectivity index (χ1) is 12.8. The smallest absolute Gasteiger partial charge is 0.258 e. The third-order valence-electron chi connectivity index (χ3n) is 4.36. The third kappa shape index (κ3) is 4.32. The van der Waals surface area contributed by atoms with Crippen LogP contribution in [0.15, 0.2) is 47.4 Å². The van der Waals surface area contributed by atoms with Crippen LogP contribution in [0.1, 0.15) is 10.4 Å². The minimum atomic E-state index is -3.70. The molecule has 2 aromatic carbocycles. The lowest BCUT2D eigenvalue weighted by atomic mass is 10.2. The Hall–Kier alpha value is -2.36. The summed E-state index contributed by atoms with van der Waals surface area (Å²) in [5.41, 5.74) is -0.277. The Labute approximate surface area is 156 Å². The largest absolute Gasteiger partial charge is 0.322 e. The number of hydrogen-bond acceptors (Lipinski definition) is 4. The number of nitrogens with one attached hydrogen (secondary N) is 1. The Kier molecular flexibility index (Phi) is 5.54. The molecule has 1 aliphatic heterocycles. The van der Waals surface area contributed by atoms with Crippen LogP contribution < -0.4 is 5.32 Å². The van der Waals surface area contributed by atoms with Gasteiger partial charge in [0, 0.05) is 31.9 Å². The van der Waals surface area contributed by atoms with Gasteiger partial charge in [0.1, 0.15) is 11.6 Å². The number of carbonyl (C=O) groups is 1. The number of carbonyl (C=O) groups excluding carboxylic acids is 1. The van der Waals surface area contributed by atoms with E-state index in [0.717, 1.165) is 18.2 Å². The van der Waals surface area contributed by atoms with Crippen molar-refractivity contribution in [1.82, 2.24) is 9.21 Å². The van der Waals surface area contributed by atoms with Gasteiger partial charge in [-0.1, -0.05) is 6.07 Å². The van der Waals surface area contributed by atoms with Crippen LogP contribution in [0.2, 0.25) is 0 Å². The first-order valence-electron chi connectivity index (χ1n) is 8.32. The zero-order chi connectivity index (χ0) is 19.6. The number of likely N-dealkylation sites (N-methyl/N-ethyl adjacent to an activating group) is 1. The molecule has 1 aliphatic rings. The number of piperazine rings is 1. The molecule has 1 fully saturated rings. The summed E-state index contributed by atoms with van der Waals surface area (Å²) in [7, 11) is -1.78. The van der Waals surface area contributed by atoms with Gasteiger partial charge in [0.25, 0.3) is 5.91 Å². The molecule has 0 unspecified atom stereocenters. The maximum atomic E-state index is 13.7. The molecule has 144 valence electrons. The Morgan fingerprint density at radius 3 is 2.44 bits per heavy atom. The normalized spacial score (nSPS) is 16.3. The average Bonchev–Trinajstić information content (AvgIpc) is 2.64. The summed E-state index contributed by atoms with van der Waals surface area (Å²) in [5, 5.41) is 2.41. The fourth-order valence-electron chi connectivity index (χ4n) is 2.78. The van der Waals surface area contributed by atoms with E-state index in [1.165, 1.54) is 28.6 Å². The Balaban J connectivity index is 1.81. The molecule has 1 N–H and O–H groups in total. The molecular formula is C18H19F2N3O3S. The van der Waals surface area contributed by atoms with Crippen molar-refractivity contribution in [2.45, 2.75) is 4.90 Å². The molecular weight excluding hydrogens is 376 g/mol. The second kappa shape index (κ2) is 7.71. The van der Waals surface area contributed by atoms with Crippen molar-refractivity contribution in [2.75, 3.05) is 38.5 Å². The van der Waals surface area contributed by atoms with E-state index < -0.39 is 33.1 Å². The molecule has 0 bridgehead atoms. The molecule has 0 spiro atoms. The number of hydrogen-bond donors (Lipinski definition) is 1. The molecule has 3 rings (SSSR count). The van der Waals surface area contributed by atoms with E-state index in [9.17, 15) is 22.0 Å². The molecule has 1 amide bonds. The third-order valence-corrected chi connectivity index (χ3v) is 6.26. The number of benzene rings is 2. The van der Waals surface area contributed by atoms with E-state index in [2.05, 4.69) is 5.32 Å². The zero-order valence-electron chi connectivity index (χ0n) is 14.7. The highest BCUT2D eigenvalue weighted by Gasteiger charge is 2.27. The van der Waals surface area contributed by atoms with Gasteiger partial charge in [0.15, 0.2) is 0 Å². The molecule has 1 saturated heterocycles. The van der Waals surface area contributed by atoms with Crippen LogP contribution in [0, 0.1) is 11.6 Å². The summed E-state index contributed by atoms with van der Waals surface area (Å²) in [6, 6.07) is 8.27. The fraction of sp³-hybridized carbons (Fsp3) is 0.278. The van der Waals surface area contributed by atoms with Crippen LogP contribution in [0.3, 0.4) is 0 Å². The summed E-state index contributed by atoms with van der Waals surface area (Å²) in [5.74, 6) is -2.47. The molecule has 6 nitrogen and oxygen atoms in total. The number of anilines is 1. The van der Waals surface area contributed by atoms with Crippen molar-refractivity contribution < 1.29 is 22.0 Å². The minimum Gasteiger partial charge on any atom is -0.322 e. The molecule has 0 atom stereocenters. The average molecular weight is 395 g/mol. The molecule has 0 aromatic heterocycles. The van der Waals surface area contributed by atoms with Crippen molar-refractivity contribution in [3.63, 3.8) is 0 Å². The van der Waals surface area contributed by atoms with Gasteiger partial charge in [-0.05, 0) is 43.4 Å². The van der Waals surface area contributed by atoms with Crippen molar-refractivity contribution in [1.29, 1.82) is 0 Å². The van der Waals surface area contributed by atoms with Gasteiger partial charge in [-0.25, -0.2) is 17.2 Å². The topological polar surface area (TPSA) is 69.7 Å². The molecule has 0 saturated carbocycles. The fourth-order valence-corrected chi connectivity index (χ4v) is 4.25. The second-order valence-corrected chi connectivity index (χ2v) is 8.25. The number of halogens is 2. The van der Waals surface area contributed by atoms with Gasteiger partial charge in [-0.3, -0.25) is 4.79 Å². The highest BCUT2D eigenvalue weighted by atomic mass is 32.2. The van der Waals surface area contributed by atoms with Crippen LogP contribution in [0.25, 0.3) is 0 Å². The summed E-state index contributed by atoms with van der Waals surface area (Å²) < 4.78 is 54.0. The molecule has 1 heterocycles. The number of amides is 1. The quantitative estimate of drug-likeness (QED) is 0.861. The van der Waals surface area contributed by atoms with Gasteiger partial charge < -0.3 is 10.2 Å². The summed E-state index contributed by atoms with van der Waals surface area (Å²) in [6.45, 7) is 2.02. The first kappa shape index (κ1) is 19.4. The van der Waals surface area contributed by atoms with E-state index >= 15 is 0 Å². The summed E-state index contributed by atoms with van der Waals surface area (Å²) >= 11 is 0. The van der Waals surface area contributed by atoms with Gasteiger partial charge >= 0.3 is 0 Å². The first-order valence-corrected chi connectivity index (χ1v) is 9.76. The van der Waals surface area contributed by atoms with E-state index in [0.29, 0.717) is 26.2 Å². The van der Waals surface area contributed by atoms with Crippen molar-refractivity contribution in [3.05, 3.63) is 59.7 Å². The molecule has 27 heavy (non-hydrogen) atoms. The van der Waals surface area contributed by atoms with E-state index in [1.54, 1.807) is 0 Å². The minimum absolute atomic E-state index is 0.0320. The van der Waals surface area contributed by atoms with Crippen LogP contribution in [0.4, 0.5) is 14.5 Å². The molecule has 2 aromatic rings. The lowest BCUT2D eigenvalue weighted by molar-refractivity contribution is 0.102. The van der Waals surface area contributed by atoms with Gasteiger partial charge in [-0.15, -0.1) is 0 Å². The Bertz CT molecular complexity index is 958. The maximum Gasteiger partial charge on any atom is 0.258 e. The van der Waals surface area contributed by atoms with Gasteiger partial charge in [0.05, 0.1) is 10.5 Å². The monoisotopic (exact) mass is 395 g/mol. The lowest BCUT2D eigenvalue weighted by Gasteiger charge is -2.31.